The number of oxazole rings is 1. The first-order chi connectivity index (χ1) is 14.8. The van der Waals surface area contributed by atoms with Crippen LogP contribution in [0.2, 0.25) is 0 Å². The number of halogens is 1. The molecule has 31 heavy (non-hydrogen) atoms. The van der Waals surface area contributed by atoms with E-state index in [2.05, 4.69) is 38.2 Å². The SMILES string of the molecule is Cc1cc(C)c2oc(-c3cc(NC(=S)NC(=O)c4cccc(I)c4)ccc3O)nc2c1. The fourth-order valence-electron chi connectivity index (χ4n) is 3.24. The lowest BCUT2D eigenvalue weighted by Crippen LogP contribution is -2.34. The zero-order chi connectivity index (χ0) is 22.1. The third-order valence-corrected chi connectivity index (χ3v) is 5.49. The van der Waals surface area contributed by atoms with E-state index in [1.54, 1.807) is 24.3 Å². The molecule has 6 nitrogen and oxygen atoms in total. The number of thiocarbonyl (C=S) groups is 1. The predicted octanol–water partition coefficient (Wildman–Crippen LogP) is 5.55. The van der Waals surface area contributed by atoms with Gasteiger partial charge in [0.2, 0.25) is 5.89 Å². The number of hydrogen-bond donors (Lipinski definition) is 3. The van der Waals surface area contributed by atoms with Gasteiger partial charge >= 0.3 is 0 Å². The third kappa shape index (κ3) is 4.70. The Kier molecular flexibility index (Phi) is 5.92. The second-order valence-corrected chi connectivity index (χ2v) is 8.75. The maximum atomic E-state index is 12.4. The molecular formula is C23H18IN3O3S. The molecule has 0 radical (unpaired) electrons. The van der Waals surface area contributed by atoms with E-state index in [9.17, 15) is 9.90 Å². The summed E-state index contributed by atoms with van der Waals surface area (Å²) in [6, 6.07) is 16.0. The van der Waals surface area contributed by atoms with Crippen molar-refractivity contribution in [3.05, 3.63) is 74.9 Å². The largest absolute Gasteiger partial charge is 0.507 e. The van der Waals surface area contributed by atoms with Gasteiger partial charge in [-0.25, -0.2) is 4.98 Å². The fraction of sp³-hybridized carbons (Fsp3) is 0.0870. The fourth-order valence-corrected chi connectivity index (χ4v) is 4.00. The number of amides is 1. The summed E-state index contributed by atoms with van der Waals surface area (Å²) in [5, 5.41) is 16.1. The van der Waals surface area contributed by atoms with Gasteiger partial charge < -0.3 is 14.8 Å². The molecular weight excluding hydrogens is 525 g/mol. The van der Waals surface area contributed by atoms with Crippen LogP contribution in [0.4, 0.5) is 5.69 Å². The van der Waals surface area contributed by atoms with Crippen LogP contribution in [0.25, 0.3) is 22.6 Å². The minimum atomic E-state index is -0.306. The van der Waals surface area contributed by atoms with E-state index in [4.69, 9.17) is 16.6 Å². The average Bonchev–Trinajstić information content (AvgIpc) is 3.13. The number of aromatic hydroxyl groups is 1. The smallest absolute Gasteiger partial charge is 0.257 e. The van der Waals surface area contributed by atoms with Gasteiger partial charge in [-0.05, 0) is 102 Å². The van der Waals surface area contributed by atoms with Crippen molar-refractivity contribution in [3.8, 4) is 17.2 Å². The summed E-state index contributed by atoms with van der Waals surface area (Å²) in [5.74, 6) is 0.0266. The minimum Gasteiger partial charge on any atom is -0.507 e. The molecule has 4 aromatic rings. The van der Waals surface area contributed by atoms with E-state index in [1.807, 2.05) is 38.1 Å². The van der Waals surface area contributed by atoms with Gasteiger partial charge in [0.05, 0.1) is 5.56 Å². The number of hydrogen-bond acceptors (Lipinski definition) is 5. The summed E-state index contributed by atoms with van der Waals surface area (Å²) in [4.78, 5) is 16.9. The molecule has 0 aliphatic carbocycles. The van der Waals surface area contributed by atoms with E-state index in [1.165, 1.54) is 6.07 Å². The summed E-state index contributed by atoms with van der Waals surface area (Å²) in [5.41, 5.74) is 4.98. The zero-order valence-corrected chi connectivity index (χ0v) is 19.7. The quantitative estimate of drug-likeness (QED) is 0.179. The number of anilines is 1. The van der Waals surface area contributed by atoms with Gasteiger partial charge in [0.15, 0.2) is 10.7 Å². The Hall–Kier alpha value is -2.98. The molecule has 8 heteroatoms. The van der Waals surface area contributed by atoms with Gasteiger partial charge in [0.1, 0.15) is 11.3 Å². The number of rotatable bonds is 3. The van der Waals surface area contributed by atoms with Crippen molar-refractivity contribution in [1.29, 1.82) is 0 Å². The van der Waals surface area contributed by atoms with E-state index < -0.39 is 0 Å². The lowest BCUT2D eigenvalue weighted by Gasteiger charge is -2.11. The molecule has 0 aliphatic rings. The number of phenolic OH excluding ortho intramolecular Hbond substituents is 1. The van der Waals surface area contributed by atoms with E-state index in [0.29, 0.717) is 28.3 Å². The van der Waals surface area contributed by atoms with Crippen LogP contribution in [-0.4, -0.2) is 21.1 Å². The Labute approximate surface area is 197 Å². The van der Waals surface area contributed by atoms with Crippen LogP contribution in [0.15, 0.2) is 59.0 Å². The van der Waals surface area contributed by atoms with Crippen molar-refractivity contribution in [2.45, 2.75) is 13.8 Å². The maximum absolute atomic E-state index is 12.4. The molecule has 3 N–H and O–H groups in total. The van der Waals surface area contributed by atoms with Crippen molar-refractivity contribution in [1.82, 2.24) is 10.3 Å². The first kappa shape index (κ1) is 21.3. The number of nitrogens with zero attached hydrogens (tertiary/aromatic N) is 1. The molecule has 1 aromatic heterocycles. The van der Waals surface area contributed by atoms with Crippen LogP contribution < -0.4 is 10.6 Å². The summed E-state index contributed by atoms with van der Waals surface area (Å²) >= 11 is 7.42. The number of carbonyl (C=O) groups excluding carboxylic acids is 1. The molecule has 3 aromatic carbocycles. The highest BCUT2D eigenvalue weighted by atomic mass is 127. The molecule has 0 saturated heterocycles. The first-order valence-electron chi connectivity index (χ1n) is 9.39. The Morgan fingerprint density at radius 1 is 1.13 bits per heavy atom. The van der Waals surface area contributed by atoms with Crippen molar-refractivity contribution < 1.29 is 14.3 Å². The molecule has 0 atom stereocenters. The van der Waals surface area contributed by atoms with E-state index >= 15 is 0 Å². The molecule has 0 fully saturated rings. The second kappa shape index (κ2) is 8.64. The molecule has 156 valence electrons. The van der Waals surface area contributed by atoms with Crippen LogP contribution in [0.1, 0.15) is 21.5 Å². The van der Waals surface area contributed by atoms with Gasteiger partial charge in [-0.2, -0.15) is 0 Å². The maximum Gasteiger partial charge on any atom is 0.257 e. The second-order valence-electron chi connectivity index (χ2n) is 7.10. The van der Waals surface area contributed by atoms with Crippen molar-refractivity contribution in [3.63, 3.8) is 0 Å². The number of aryl methyl sites for hydroxylation is 2. The van der Waals surface area contributed by atoms with E-state index in [-0.39, 0.29) is 16.8 Å². The normalized spacial score (nSPS) is 10.8. The summed E-state index contributed by atoms with van der Waals surface area (Å²) < 4.78 is 6.87. The zero-order valence-electron chi connectivity index (χ0n) is 16.7. The summed E-state index contributed by atoms with van der Waals surface area (Å²) in [6.07, 6.45) is 0. The Morgan fingerprint density at radius 2 is 1.94 bits per heavy atom. The Bertz CT molecular complexity index is 1330. The number of carbonyl (C=O) groups is 1. The lowest BCUT2D eigenvalue weighted by atomic mass is 10.1. The van der Waals surface area contributed by atoms with Gasteiger partial charge in [-0.3, -0.25) is 10.1 Å². The monoisotopic (exact) mass is 543 g/mol. The van der Waals surface area contributed by atoms with Crippen LogP contribution in [0.3, 0.4) is 0 Å². The Morgan fingerprint density at radius 3 is 2.71 bits per heavy atom. The molecule has 1 heterocycles. The van der Waals surface area contributed by atoms with Crippen LogP contribution in [-0.2, 0) is 0 Å². The van der Waals surface area contributed by atoms with Gasteiger partial charge in [-0.15, -0.1) is 0 Å². The van der Waals surface area contributed by atoms with Crippen LogP contribution >= 0.6 is 34.8 Å². The van der Waals surface area contributed by atoms with Crippen LogP contribution in [0.5, 0.6) is 5.75 Å². The molecule has 0 bridgehead atoms. The highest BCUT2D eigenvalue weighted by Gasteiger charge is 2.16. The number of benzene rings is 3. The van der Waals surface area contributed by atoms with Crippen molar-refractivity contribution >= 4 is 62.6 Å². The summed E-state index contributed by atoms with van der Waals surface area (Å²) in [6.45, 7) is 3.95. The van der Waals surface area contributed by atoms with Crippen molar-refractivity contribution in [2.24, 2.45) is 0 Å². The van der Waals surface area contributed by atoms with E-state index in [0.717, 1.165) is 20.2 Å². The number of phenols is 1. The summed E-state index contributed by atoms with van der Waals surface area (Å²) in [7, 11) is 0. The lowest BCUT2D eigenvalue weighted by molar-refractivity contribution is 0.0977. The highest BCUT2D eigenvalue weighted by molar-refractivity contribution is 14.1. The highest BCUT2D eigenvalue weighted by Crippen LogP contribution is 2.34. The molecule has 0 unspecified atom stereocenters. The van der Waals surface area contributed by atoms with Gasteiger partial charge in [0.25, 0.3) is 5.91 Å². The first-order valence-corrected chi connectivity index (χ1v) is 10.9. The Balaban J connectivity index is 1.56. The molecule has 0 spiro atoms. The topological polar surface area (TPSA) is 87.4 Å². The number of nitrogens with one attached hydrogen (secondary N) is 2. The molecule has 0 aliphatic heterocycles. The number of fused-ring (bicyclic) bond motifs is 1. The van der Waals surface area contributed by atoms with Gasteiger partial charge in [0, 0.05) is 14.8 Å². The van der Waals surface area contributed by atoms with Crippen molar-refractivity contribution in [2.75, 3.05) is 5.32 Å². The standard InChI is InChI=1S/C23H18IN3O3S/c1-12-8-13(2)20-18(9-12)26-22(30-20)17-11-16(6-7-19(17)28)25-23(31)27-21(29)14-4-3-5-15(24)10-14/h3-11,28H,1-2H3,(H2,25,27,29,31). The molecule has 4 rings (SSSR count). The van der Waals surface area contributed by atoms with Gasteiger partial charge in [-0.1, -0.05) is 12.1 Å². The predicted molar refractivity (Wildman–Crippen MR) is 133 cm³/mol. The molecule has 1 amide bonds. The minimum absolute atomic E-state index is 0.0281. The molecule has 0 saturated carbocycles. The van der Waals surface area contributed by atoms with Crippen LogP contribution in [0, 0.1) is 17.4 Å². The number of aromatic nitrogens is 1. The average molecular weight is 543 g/mol. The third-order valence-electron chi connectivity index (χ3n) is 4.62.